The van der Waals surface area contributed by atoms with Crippen molar-refractivity contribution in [2.75, 3.05) is 0 Å². The van der Waals surface area contributed by atoms with E-state index in [1.807, 2.05) is 23.9 Å². The number of para-hydroxylation sites is 1. The van der Waals surface area contributed by atoms with Crippen molar-refractivity contribution in [2.24, 2.45) is 0 Å². The molecule has 0 saturated heterocycles. The lowest BCUT2D eigenvalue weighted by Gasteiger charge is -2.39. The van der Waals surface area contributed by atoms with Gasteiger partial charge in [0.1, 0.15) is 0 Å². The highest BCUT2D eigenvalue weighted by molar-refractivity contribution is 7.99. The van der Waals surface area contributed by atoms with E-state index in [9.17, 15) is 0 Å². The molecule has 62 heavy (non-hydrogen) atoms. The van der Waals surface area contributed by atoms with E-state index in [-0.39, 0.29) is 0 Å². The zero-order valence-electron chi connectivity index (χ0n) is 33.5. The summed E-state index contributed by atoms with van der Waals surface area (Å²) in [6.45, 7) is 0. The van der Waals surface area contributed by atoms with Gasteiger partial charge in [-0.3, -0.25) is 0 Å². The molecule has 11 aromatic rings. The Labute approximate surface area is 363 Å². The molecule has 13 rings (SSSR count). The van der Waals surface area contributed by atoms with Gasteiger partial charge in [-0.2, -0.15) is 0 Å². The molecule has 0 fully saturated rings. The first-order valence-electron chi connectivity index (χ1n) is 21.1. The summed E-state index contributed by atoms with van der Waals surface area (Å²) in [6.07, 6.45) is 0. The van der Waals surface area contributed by atoms with E-state index in [1.54, 1.807) is 0 Å². The highest BCUT2D eigenvalue weighted by atomic mass is 32.2. The van der Waals surface area contributed by atoms with Gasteiger partial charge in [0.15, 0.2) is 0 Å². The molecule has 0 N–H and O–H groups in total. The van der Waals surface area contributed by atoms with E-state index >= 15 is 0 Å². The van der Waals surface area contributed by atoms with Crippen molar-refractivity contribution < 1.29 is 0 Å². The first kappa shape index (κ1) is 35.1. The summed E-state index contributed by atoms with van der Waals surface area (Å²) in [5.74, 6) is 0. The first-order valence-corrected chi connectivity index (χ1v) is 21.9. The van der Waals surface area contributed by atoms with Gasteiger partial charge in [-0.25, -0.2) is 15.0 Å². The summed E-state index contributed by atoms with van der Waals surface area (Å²) in [6, 6.07) is 76.5. The summed E-state index contributed by atoms with van der Waals surface area (Å²) in [7, 11) is 0. The van der Waals surface area contributed by atoms with E-state index in [1.165, 1.54) is 48.6 Å². The Morgan fingerprint density at radius 1 is 0.323 bits per heavy atom. The molecule has 0 bridgehead atoms. The maximum absolute atomic E-state index is 5.47. The maximum Gasteiger partial charge on any atom is 0.0973 e. The molecule has 1 aliphatic heterocycles. The van der Waals surface area contributed by atoms with Gasteiger partial charge in [-0.1, -0.05) is 188 Å². The Morgan fingerprint density at radius 3 is 1.63 bits per heavy atom. The average Bonchev–Trinajstić information content (AvgIpc) is 3.64. The molecule has 9 aromatic carbocycles. The summed E-state index contributed by atoms with van der Waals surface area (Å²) in [5, 5.41) is 3.55. The van der Waals surface area contributed by atoms with E-state index in [4.69, 9.17) is 15.0 Å². The van der Waals surface area contributed by atoms with Crippen LogP contribution in [-0.4, -0.2) is 15.0 Å². The number of benzene rings is 9. The number of hydrogen-bond acceptors (Lipinski definition) is 4. The van der Waals surface area contributed by atoms with Gasteiger partial charge in [0, 0.05) is 42.6 Å². The predicted octanol–water partition coefficient (Wildman–Crippen LogP) is 14.8. The highest BCUT2D eigenvalue weighted by Crippen LogP contribution is 2.63. The highest BCUT2D eigenvalue weighted by Gasteiger charge is 2.50. The van der Waals surface area contributed by atoms with Crippen molar-refractivity contribution >= 4 is 44.5 Å². The quantitative estimate of drug-likeness (QED) is 0.166. The molecular formula is C58H35N3S. The van der Waals surface area contributed by atoms with Gasteiger partial charge in [-0.15, -0.1) is 0 Å². The second-order valence-corrected chi connectivity index (χ2v) is 17.3. The van der Waals surface area contributed by atoms with Gasteiger partial charge >= 0.3 is 0 Å². The molecular weight excluding hydrogens is 771 g/mol. The molecule has 288 valence electrons. The largest absolute Gasteiger partial charge is 0.247 e. The lowest BCUT2D eigenvalue weighted by Crippen LogP contribution is -2.31. The maximum atomic E-state index is 5.47. The molecule has 0 amide bonds. The van der Waals surface area contributed by atoms with Crippen LogP contribution in [0.1, 0.15) is 22.3 Å². The standard InChI is InChI=1S/C58H35N3S/c1-3-16-36(17-4-1)56-57(37-18-5-2-6-19-37)61-50-35-39(30-33-49(50)60-56)38-20-15-21-40(34-38)55-43-31-32-47-54(53(43)42-23-8-12-27-48(42)59-55)41-22-7-9-24-44(41)58(47)45-25-10-13-28-51(45)62-52-29-14-11-26-46(52)58/h1-35H. The zero-order valence-corrected chi connectivity index (χ0v) is 34.3. The summed E-state index contributed by atoms with van der Waals surface area (Å²) >= 11 is 1.88. The molecule has 1 aliphatic carbocycles. The molecule has 2 aromatic heterocycles. The minimum absolute atomic E-state index is 0.454. The summed E-state index contributed by atoms with van der Waals surface area (Å²) < 4.78 is 0. The fraction of sp³-hybridized carbons (Fsp3) is 0.0172. The average molecular weight is 806 g/mol. The van der Waals surface area contributed by atoms with Gasteiger partial charge < -0.3 is 0 Å². The molecule has 0 atom stereocenters. The molecule has 2 aliphatic rings. The lowest BCUT2D eigenvalue weighted by molar-refractivity contribution is 0.723. The predicted molar refractivity (Wildman–Crippen MR) is 256 cm³/mol. The molecule has 0 saturated carbocycles. The Balaban J connectivity index is 1.02. The van der Waals surface area contributed by atoms with Crippen LogP contribution in [0.2, 0.25) is 0 Å². The third-order valence-corrected chi connectivity index (χ3v) is 14.1. The zero-order chi connectivity index (χ0) is 40.8. The van der Waals surface area contributed by atoms with E-state index in [0.717, 1.165) is 72.2 Å². The summed E-state index contributed by atoms with van der Waals surface area (Å²) in [5.41, 5.74) is 18.2. The number of nitrogens with zero attached hydrogens (tertiary/aromatic N) is 3. The van der Waals surface area contributed by atoms with Crippen molar-refractivity contribution in [3.8, 4) is 56.0 Å². The molecule has 4 heteroatoms. The van der Waals surface area contributed by atoms with Crippen LogP contribution in [-0.2, 0) is 5.41 Å². The van der Waals surface area contributed by atoms with E-state index in [2.05, 4.69) is 200 Å². The Kier molecular flexibility index (Phi) is 7.75. The third-order valence-electron chi connectivity index (χ3n) is 12.9. The van der Waals surface area contributed by atoms with Crippen LogP contribution in [0.15, 0.2) is 222 Å². The van der Waals surface area contributed by atoms with E-state index in [0.29, 0.717) is 0 Å². The molecule has 0 unspecified atom stereocenters. The van der Waals surface area contributed by atoms with Crippen molar-refractivity contribution in [1.82, 2.24) is 15.0 Å². The molecule has 0 radical (unpaired) electrons. The smallest absolute Gasteiger partial charge is 0.0973 e. The number of pyridine rings is 1. The van der Waals surface area contributed by atoms with Crippen LogP contribution in [0.4, 0.5) is 0 Å². The second-order valence-electron chi connectivity index (χ2n) is 16.2. The fourth-order valence-electron chi connectivity index (χ4n) is 10.3. The number of aromatic nitrogens is 3. The lowest BCUT2D eigenvalue weighted by atomic mass is 9.67. The van der Waals surface area contributed by atoms with Gasteiger partial charge in [0.25, 0.3) is 0 Å². The van der Waals surface area contributed by atoms with Crippen molar-refractivity contribution in [3.05, 3.63) is 235 Å². The van der Waals surface area contributed by atoms with E-state index < -0.39 is 5.41 Å². The molecule has 1 spiro atoms. The minimum Gasteiger partial charge on any atom is -0.247 e. The number of fused-ring (bicyclic) bond motifs is 14. The van der Waals surface area contributed by atoms with Crippen LogP contribution >= 0.6 is 11.8 Å². The Morgan fingerprint density at radius 2 is 0.887 bits per heavy atom. The molecule has 3 heterocycles. The topological polar surface area (TPSA) is 38.7 Å². The van der Waals surface area contributed by atoms with Crippen LogP contribution < -0.4 is 0 Å². The van der Waals surface area contributed by atoms with Gasteiger partial charge in [0.2, 0.25) is 0 Å². The second kappa shape index (κ2) is 13.7. The van der Waals surface area contributed by atoms with Crippen LogP contribution in [0.25, 0.3) is 88.7 Å². The SMILES string of the molecule is c1ccc(-c2nc3ccc(-c4cccc(-c5nc6ccccc6c6c7c(ccc56)C5(c6ccccc6Sc6ccccc65)c5ccccc5-7)c4)cc3nc2-c2ccccc2)cc1. The van der Waals surface area contributed by atoms with Crippen molar-refractivity contribution in [3.63, 3.8) is 0 Å². The van der Waals surface area contributed by atoms with Gasteiger partial charge in [-0.05, 0) is 80.9 Å². The summed E-state index contributed by atoms with van der Waals surface area (Å²) in [4.78, 5) is 18.6. The normalized spacial score (nSPS) is 13.2. The fourth-order valence-corrected chi connectivity index (χ4v) is 11.5. The van der Waals surface area contributed by atoms with Crippen LogP contribution in [0.5, 0.6) is 0 Å². The Bertz CT molecular complexity index is 3570. The third kappa shape index (κ3) is 5.11. The number of rotatable bonds is 4. The van der Waals surface area contributed by atoms with Crippen molar-refractivity contribution in [1.29, 1.82) is 0 Å². The molecule has 3 nitrogen and oxygen atoms in total. The number of hydrogen-bond donors (Lipinski definition) is 0. The minimum atomic E-state index is -0.454. The first-order chi connectivity index (χ1) is 30.7. The van der Waals surface area contributed by atoms with Crippen LogP contribution in [0.3, 0.4) is 0 Å². The van der Waals surface area contributed by atoms with Crippen molar-refractivity contribution in [2.45, 2.75) is 15.2 Å². The van der Waals surface area contributed by atoms with Crippen LogP contribution in [0, 0.1) is 0 Å². The Hall–Kier alpha value is -7.66. The monoisotopic (exact) mass is 805 g/mol. The van der Waals surface area contributed by atoms with Gasteiger partial charge in [0.05, 0.1) is 39.0 Å².